The first-order valence-corrected chi connectivity index (χ1v) is 5.32. The normalized spacial score (nSPS) is 12.2. The van der Waals surface area contributed by atoms with Crippen LogP contribution in [0.3, 0.4) is 0 Å². The van der Waals surface area contributed by atoms with Crippen molar-refractivity contribution in [2.45, 2.75) is 12.7 Å². The molecule has 0 radical (unpaired) electrons. The molecule has 0 spiro atoms. The van der Waals surface area contributed by atoms with Gasteiger partial charge in [0, 0.05) is 0 Å². The van der Waals surface area contributed by atoms with E-state index in [-0.39, 0.29) is 18.3 Å². The fourth-order valence-corrected chi connectivity index (χ4v) is 1.46. The van der Waals surface area contributed by atoms with Gasteiger partial charge in [0.05, 0.1) is 25.5 Å². The van der Waals surface area contributed by atoms with Gasteiger partial charge in [-0.2, -0.15) is 18.3 Å². The number of ether oxygens (including phenoxy) is 1. The summed E-state index contributed by atoms with van der Waals surface area (Å²) >= 11 is 5.67. The van der Waals surface area contributed by atoms with Gasteiger partial charge in [0.1, 0.15) is 17.3 Å². The van der Waals surface area contributed by atoms with Gasteiger partial charge in [0.25, 0.3) is 0 Å². The van der Waals surface area contributed by atoms with Crippen molar-refractivity contribution in [1.82, 2.24) is 19.7 Å². The number of hydrogen-bond acceptors (Lipinski definition) is 4. The predicted octanol–water partition coefficient (Wildman–Crippen LogP) is 2.06. The van der Waals surface area contributed by atoms with Crippen molar-refractivity contribution >= 4 is 22.8 Å². The lowest BCUT2D eigenvalue weighted by Crippen LogP contribution is -2.19. The molecule has 2 aromatic rings. The Morgan fingerprint density at radius 1 is 1.33 bits per heavy atom. The smallest absolute Gasteiger partial charge is 0.370 e. The molecular weight excluding hydrogens is 273 g/mol. The third-order valence-corrected chi connectivity index (χ3v) is 2.21. The highest BCUT2D eigenvalue weighted by molar-refractivity contribution is 6.29. The van der Waals surface area contributed by atoms with Gasteiger partial charge in [-0.3, -0.25) is 0 Å². The monoisotopic (exact) mass is 280 g/mol. The zero-order valence-electron chi connectivity index (χ0n) is 8.98. The standard InChI is InChI=1S/C9H8ClF3N4O/c10-7-4-14-6-3-15-17(8(6)16-7)1-2-18-5-9(11,12)13/h3-4H,1-2,5H2. The van der Waals surface area contributed by atoms with Gasteiger partial charge in [-0.25, -0.2) is 14.6 Å². The van der Waals surface area contributed by atoms with Gasteiger partial charge in [0.2, 0.25) is 0 Å². The van der Waals surface area contributed by atoms with Crippen molar-refractivity contribution < 1.29 is 17.9 Å². The van der Waals surface area contributed by atoms with Crippen molar-refractivity contribution in [1.29, 1.82) is 0 Å². The number of fused-ring (bicyclic) bond motifs is 1. The fourth-order valence-electron chi connectivity index (χ4n) is 1.33. The first-order valence-electron chi connectivity index (χ1n) is 4.94. The van der Waals surface area contributed by atoms with E-state index < -0.39 is 12.8 Å². The molecule has 2 aromatic heterocycles. The second-order valence-electron chi connectivity index (χ2n) is 3.44. The Kier molecular flexibility index (Phi) is 3.67. The van der Waals surface area contributed by atoms with Crippen molar-refractivity contribution in [3.63, 3.8) is 0 Å². The molecular formula is C9H8ClF3N4O. The summed E-state index contributed by atoms with van der Waals surface area (Å²) < 4.78 is 41.4. The van der Waals surface area contributed by atoms with E-state index in [0.29, 0.717) is 11.2 Å². The fraction of sp³-hybridized carbons (Fsp3) is 0.444. The summed E-state index contributed by atoms with van der Waals surface area (Å²) in [5, 5.41) is 4.14. The molecule has 98 valence electrons. The van der Waals surface area contributed by atoms with Crippen LogP contribution in [0, 0.1) is 0 Å². The summed E-state index contributed by atoms with van der Waals surface area (Å²) in [7, 11) is 0. The molecule has 2 rings (SSSR count). The van der Waals surface area contributed by atoms with Crippen molar-refractivity contribution in [3.05, 3.63) is 17.5 Å². The van der Waals surface area contributed by atoms with Crippen LogP contribution in [-0.2, 0) is 11.3 Å². The Balaban J connectivity index is 1.98. The quantitative estimate of drug-likeness (QED) is 0.805. The van der Waals surface area contributed by atoms with Gasteiger partial charge in [-0.1, -0.05) is 11.6 Å². The molecule has 0 bridgehead atoms. The Morgan fingerprint density at radius 2 is 2.11 bits per heavy atom. The molecule has 9 heteroatoms. The third kappa shape index (κ3) is 3.30. The largest absolute Gasteiger partial charge is 0.411 e. The molecule has 0 aliphatic rings. The molecule has 0 amide bonds. The van der Waals surface area contributed by atoms with Gasteiger partial charge >= 0.3 is 6.18 Å². The Morgan fingerprint density at radius 3 is 2.83 bits per heavy atom. The summed E-state index contributed by atoms with van der Waals surface area (Å²) in [4.78, 5) is 7.96. The number of aromatic nitrogens is 4. The van der Waals surface area contributed by atoms with Crippen molar-refractivity contribution in [3.8, 4) is 0 Å². The van der Waals surface area contributed by atoms with E-state index in [1.165, 1.54) is 17.1 Å². The number of rotatable bonds is 4. The molecule has 5 nitrogen and oxygen atoms in total. The first kappa shape index (κ1) is 13.0. The van der Waals surface area contributed by atoms with E-state index in [1.807, 2.05) is 0 Å². The highest BCUT2D eigenvalue weighted by Crippen LogP contribution is 2.15. The highest BCUT2D eigenvalue weighted by Gasteiger charge is 2.27. The number of halogens is 4. The molecule has 18 heavy (non-hydrogen) atoms. The highest BCUT2D eigenvalue weighted by atomic mass is 35.5. The van der Waals surface area contributed by atoms with Crippen LogP contribution in [0.5, 0.6) is 0 Å². The Bertz CT molecular complexity index is 542. The first-order chi connectivity index (χ1) is 8.46. The summed E-state index contributed by atoms with van der Waals surface area (Å²) in [5.74, 6) is 0. The molecule has 0 aromatic carbocycles. The average Bonchev–Trinajstić information content (AvgIpc) is 2.66. The topological polar surface area (TPSA) is 52.8 Å². The van der Waals surface area contributed by atoms with Crippen molar-refractivity contribution in [2.75, 3.05) is 13.2 Å². The Labute approximate surface area is 105 Å². The zero-order chi connectivity index (χ0) is 13.2. The lowest BCUT2D eigenvalue weighted by atomic mass is 10.5. The second kappa shape index (κ2) is 5.07. The summed E-state index contributed by atoms with van der Waals surface area (Å²) in [6.45, 7) is -1.25. The number of nitrogens with zero attached hydrogens (tertiary/aromatic N) is 4. The van der Waals surface area contributed by atoms with Crippen LogP contribution in [0.25, 0.3) is 11.2 Å². The predicted molar refractivity (Wildman–Crippen MR) is 57.2 cm³/mol. The minimum Gasteiger partial charge on any atom is -0.370 e. The molecule has 0 fully saturated rings. The maximum absolute atomic E-state index is 11.8. The molecule has 0 saturated carbocycles. The van der Waals surface area contributed by atoms with Crippen LogP contribution >= 0.6 is 11.6 Å². The van der Waals surface area contributed by atoms with Gasteiger partial charge in [-0.05, 0) is 0 Å². The van der Waals surface area contributed by atoms with Gasteiger partial charge < -0.3 is 4.74 Å². The maximum Gasteiger partial charge on any atom is 0.411 e. The van der Waals surface area contributed by atoms with Crippen LogP contribution in [0.2, 0.25) is 5.15 Å². The second-order valence-corrected chi connectivity index (χ2v) is 3.82. The maximum atomic E-state index is 11.8. The lowest BCUT2D eigenvalue weighted by Gasteiger charge is -2.07. The van der Waals surface area contributed by atoms with Crippen LogP contribution in [0.15, 0.2) is 12.4 Å². The van der Waals surface area contributed by atoms with Crippen LogP contribution in [0.4, 0.5) is 13.2 Å². The van der Waals surface area contributed by atoms with E-state index in [4.69, 9.17) is 11.6 Å². The molecule has 0 aliphatic carbocycles. The van der Waals surface area contributed by atoms with Crippen LogP contribution < -0.4 is 0 Å². The zero-order valence-corrected chi connectivity index (χ0v) is 9.74. The van der Waals surface area contributed by atoms with E-state index >= 15 is 0 Å². The average molecular weight is 281 g/mol. The van der Waals surface area contributed by atoms with E-state index in [0.717, 1.165) is 0 Å². The summed E-state index contributed by atoms with van der Waals surface area (Å²) in [5.41, 5.74) is 0.938. The Hall–Kier alpha value is -1.41. The molecule has 0 aliphatic heterocycles. The van der Waals surface area contributed by atoms with Crippen LogP contribution in [0.1, 0.15) is 0 Å². The molecule has 0 atom stereocenters. The number of hydrogen-bond donors (Lipinski definition) is 0. The third-order valence-electron chi connectivity index (χ3n) is 2.03. The lowest BCUT2D eigenvalue weighted by molar-refractivity contribution is -0.174. The van der Waals surface area contributed by atoms with Crippen molar-refractivity contribution in [2.24, 2.45) is 0 Å². The van der Waals surface area contributed by atoms with E-state index in [1.54, 1.807) is 0 Å². The van der Waals surface area contributed by atoms with Gasteiger partial charge in [-0.15, -0.1) is 0 Å². The molecule has 0 N–H and O–H groups in total. The minimum absolute atomic E-state index is 0.121. The minimum atomic E-state index is -4.32. The SMILES string of the molecule is FC(F)(F)COCCn1ncc2ncc(Cl)nc21. The van der Waals surface area contributed by atoms with E-state index in [2.05, 4.69) is 19.8 Å². The summed E-state index contributed by atoms with van der Waals surface area (Å²) in [6, 6.07) is 0. The number of alkyl halides is 3. The van der Waals surface area contributed by atoms with E-state index in [9.17, 15) is 13.2 Å². The molecule has 0 saturated heterocycles. The van der Waals surface area contributed by atoms with Crippen LogP contribution in [-0.4, -0.2) is 39.1 Å². The molecule has 0 unspecified atom stereocenters. The summed E-state index contributed by atoms with van der Waals surface area (Å²) in [6.07, 6.45) is -1.49. The van der Waals surface area contributed by atoms with Gasteiger partial charge in [0.15, 0.2) is 5.65 Å². The molecule has 2 heterocycles.